The van der Waals surface area contributed by atoms with Crippen LogP contribution in [0.3, 0.4) is 0 Å². The average Bonchev–Trinajstić information content (AvgIpc) is 2.82. The number of ether oxygens (including phenoxy) is 2. The molecule has 0 bridgehead atoms. The topological polar surface area (TPSA) is 108 Å². The van der Waals surface area contributed by atoms with E-state index in [0.717, 1.165) is 0 Å². The van der Waals surface area contributed by atoms with Crippen LogP contribution in [0.1, 0.15) is 20.3 Å². The Kier molecular flexibility index (Phi) is 4.80. The van der Waals surface area contributed by atoms with Gasteiger partial charge in [0.05, 0.1) is 22.9 Å². The molecule has 1 heterocycles. The van der Waals surface area contributed by atoms with Crippen molar-refractivity contribution in [3.8, 4) is 11.5 Å². The van der Waals surface area contributed by atoms with Crippen molar-refractivity contribution in [2.75, 3.05) is 29.3 Å². The summed E-state index contributed by atoms with van der Waals surface area (Å²) in [5, 5.41) is 2.60. The predicted molar refractivity (Wildman–Crippen MR) is 83.7 cm³/mol. The van der Waals surface area contributed by atoms with Gasteiger partial charge in [0.25, 0.3) is 0 Å². The van der Waals surface area contributed by atoms with Crippen LogP contribution in [-0.2, 0) is 14.6 Å². The molecule has 2 rings (SSSR count). The monoisotopic (exact) mass is 328 g/mol. The van der Waals surface area contributed by atoms with Gasteiger partial charge in [-0.05, 0) is 5.92 Å². The van der Waals surface area contributed by atoms with Crippen LogP contribution in [0, 0.1) is 5.92 Å². The molecule has 0 aliphatic carbocycles. The third-order valence-electron chi connectivity index (χ3n) is 3.05. The molecular weight excluding hydrogens is 308 g/mol. The smallest absolute Gasteiger partial charge is 0.231 e. The van der Waals surface area contributed by atoms with E-state index in [1.54, 1.807) is 12.1 Å². The molecular formula is C14H20N2O5S. The first kappa shape index (κ1) is 16.4. The summed E-state index contributed by atoms with van der Waals surface area (Å²) in [6.45, 7) is 3.76. The Morgan fingerprint density at radius 1 is 1.32 bits per heavy atom. The third kappa shape index (κ3) is 4.27. The standard InChI is InChI=1S/C14H20N2O5S/c1-9(2)7-22(18,19)4-3-14(17)16-11-6-13-12(5-10(11)15)20-8-21-13/h5-6,9H,3-4,7-8,15H2,1-2H3,(H,16,17). The summed E-state index contributed by atoms with van der Waals surface area (Å²) in [6, 6.07) is 3.13. The van der Waals surface area contributed by atoms with E-state index >= 15 is 0 Å². The molecule has 0 radical (unpaired) electrons. The van der Waals surface area contributed by atoms with Gasteiger partial charge >= 0.3 is 0 Å². The van der Waals surface area contributed by atoms with Crippen molar-refractivity contribution in [1.82, 2.24) is 0 Å². The third-order valence-corrected chi connectivity index (χ3v) is 5.05. The number of sulfone groups is 1. The lowest BCUT2D eigenvalue weighted by atomic mass is 10.2. The highest BCUT2D eigenvalue weighted by Gasteiger charge is 2.19. The van der Waals surface area contributed by atoms with Gasteiger partial charge in [-0.2, -0.15) is 0 Å². The molecule has 8 heteroatoms. The number of carbonyl (C=O) groups excluding carboxylic acids is 1. The number of fused-ring (bicyclic) bond motifs is 1. The van der Waals surface area contributed by atoms with Gasteiger partial charge in [-0.3, -0.25) is 4.79 Å². The molecule has 22 heavy (non-hydrogen) atoms. The molecule has 0 aromatic heterocycles. The van der Waals surface area contributed by atoms with Crippen molar-refractivity contribution in [3.63, 3.8) is 0 Å². The zero-order chi connectivity index (χ0) is 16.3. The fourth-order valence-electron chi connectivity index (χ4n) is 2.12. The van der Waals surface area contributed by atoms with Crippen LogP contribution in [0.4, 0.5) is 11.4 Å². The molecule has 0 spiro atoms. The first-order valence-electron chi connectivity index (χ1n) is 6.96. The Bertz CT molecular complexity index is 670. The molecule has 0 saturated carbocycles. The summed E-state index contributed by atoms with van der Waals surface area (Å²) in [5.41, 5.74) is 6.54. The van der Waals surface area contributed by atoms with Crippen molar-refractivity contribution in [2.45, 2.75) is 20.3 Å². The lowest BCUT2D eigenvalue weighted by Gasteiger charge is -2.10. The second-order valence-corrected chi connectivity index (χ2v) is 7.83. The molecule has 0 atom stereocenters. The average molecular weight is 328 g/mol. The van der Waals surface area contributed by atoms with Crippen LogP contribution in [0.25, 0.3) is 0 Å². The van der Waals surface area contributed by atoms with E-state index in [-0.39, 0.29) is 30.6 Å². The highest BCUT2D eigenvalue weighted by molar-refractivity contribution is 7.91. The van der Waals surface area contributed by atoms with E-state index in [0.29, 0.717) is 22.9 Å². The van der Waals surface area contributed by atoms with E-state index in [9.17, 15) is 13.2 Å². The molecule has 122 valence electrons. The molecule has 7 nitrogen and oxygen atoms in total. The quantitative estimate of drug-likeness (QED) is 0.764. The maximum atomic E-state index is 11.9. The minimum Gasteiger partial charge on any atom is -0.454 e. The van der Waals surface area contributed by atoms with Crippen LogP contribution in [-0.4, -0.2) is 32.6 Å². The number of hydrogen-bond donors (Lipinski definition) is 2. The second kappa shape index (κ2) is 6.43. The van der Waals surface area contributed by atoms with E-state index in [4.69, 9.17) is 15.2 Å². The van der Waals surface area contributed by atoms with Crippen molar-refractivity contribution in [2.24, 2.45) is 5.92 Å². The van der Waals surface area contributed by atoms with Crippen molar-refractivity contribution in [3.05, 3.63) is 12.1 Å². The van der Waals surface area contributed by atoms with Gasteiger partial charge < -0.3 is 20.5 Å². The number of nitrogens with one attached hydrogen (secondary N) is 1. The van der Waals surface area contributed by atoms with Crippen molar-refractivity contribution in [1.29, 1.82) is 0 Å². The zero-order valence-corrected chi connectivity index (χ0v) is 13.4. The number of amides is 1. The number of hydrogen-bond acceptors (Lipinski definition) is 6. The van der Waals surface area contributed by atoms with E-state index in [2.05, 4.69) is 5.32 Å². The van der Waals surface area contributed by atoms with E-state index in [1.807, 2.05) is 13.8 Å². The maximum Gasteiger partial charge on any atom is 0.231 e. The summed E-state index contributed by atoms with van der Waals surface area (Å²) in [5.74, 6) is 0.552. The van der Waals surface area contributed by atoms with Gasteiger partial charge in [0.1, 0.15) is 0 Å². The molecule has 0 unspecified atom stereocenters. The lowest BCUT2D eigenvalue weighted by Crippen LogP contribution is -2.21. The van der Waals surface area contributed by atoms with Gasteiger partial charge in [0.2, 0.25) is 12.7 Å². The van der Waals surface area contributed by atoms with Crippen LogP contribution in [0.5, 0.6) is 11.5 Å². The number of anilines is 2. The van der Waals surface area contributed by atoms with Crippen molar-refractivity contribution >= 4 is 27.1 Å². The summed E-state index contributed by atoms with van der Waals surface area (Å²) < 4.78 is 33.9. The first-order valence-corrected chi connectivity index (χ1v) is 8.78. The SMILES string of the molecule is CC(C)CS(=O)(=O)CCC(=O)Nc1cc2c(cc1N)OCO2. The highest BCUT2D eigenvalue weighted by Crippen LogP contribution is 2.38. The Balaban J connectivity index is 1.95. The highest BCUT2D eigenvalue weighted by atomic mass is 32.2. The molecule has 0 fully saturated rings. The Morgan fingerprint density at radius 3 is 2.59 bits per heavy atom. The van der Waals surface area contributed by atoms with Crippen LogP contribution >= 0.6 is 0 Å². The van der Waals surface area contributed by atoms with E-state index < -0.39 is 15.7 Å². The Labute approximate surface area is 129 Å². The Morgan fingerprint density at radius 2 is 1.95 bits per heavy atom. The number of rotatable bonds is 6. The fraction of sp³-hybridized carbons (Fsp3) is 0.500. The van der Waals surface area contributed by atoms with E-state index in [1.165, 1.54) is 0 Å². The molecule has 1 aromatic rings. The lowest BCUT2D eigenvalue weighted by molar-refractivity contribution is -0.115. The van der Waals surface area contributed by atoms with Crippen LogP contribution < -0.4 is 20.5 Å². The fourth-order valence-corrected chi connectivity index (χ4v) is 3.80. The van der Waals surface area contributed by atoms with Crippen LogP contribution in [0.2, 0.25) is 0 Å². The summed E-state index contributed by atoms with van der Waals surface area (Å²) >= 11 is 0. The van der Waals surface area contributed by atoms with Gasteiger partial charge in [0.15, 0.2) is 21.3 Å². The van der Waals surface area contributed by atoms with Gasteiger partial charge in [0, 0.05) is 18.6 Å². The van der Waals surface area contributed by atoms with Gasteiger partial charge in [-0.15, -0.1) is 0 Å². The molecule has 3 N–H and O–H groups in total. The van der Waals surface area contributed by atoms with Gasteiger partial charge in [-0.25, -0.2) is 8.42 Å². The minimum absolute atomic E-state index is 0.0394. The molecule has 1 aliphatic rings. The molecule has 1 aromatic carbocycles. The van der Waals surface area contributed by atoms with Crippen molar-refractivity contribution < 1.29 is 22.7 Å². The minimum atomic E-state index is -3.22. The predicted octanol–water partition coefficient (Wildman–Crippen LogP) is 1.40. The van der Waals surface area contributed by atoms with Gasteiger partial charge in [-0.1, -0.05) is 13.8 Å². The number of benzene rings is 1. The zero-order valence-electron chi connectivity index (χ0n) is 12.6. The number of nitrogens with two attached hydrogens (primary N) is 1. The largest absolute Gasteiger partial charge is 0.454 e. The van der Waals surface area contributed by atoms with Crippen LogP contribution in [0.15, 0.2) is 12.1 Å². The summed E-state index contributed by atoms with van der Waals surface area (Å²) in [7, 11) is -3.22. The Hall–Kier alpha value is -1.96. The summed E-state index contributed by atoms with van der Waals surface area (Å²) in [4.78, 5) is 11.9. The normalized spacial score (nSPS) is 13.4. The second-order valence-electron chi connectivity index (χ2n) is 5.60. The first-order chi connectivity index (χ1) is 10.3. The molecule has 1 amide bonds. The number of nitrogen functional groups attached to an aromatic ring is 1. The number of carbonyl (C=O) groups is 1. The maximum absolute atomic E-state index is 11.9. The molecule has 1 aliphatic heterocycles. The summed E-state index contributed by atoms with van der Waals surface area (Å²) in [6.07, 6.45) is -0.108. The molecule has 0 saturated heterocycles.